The zero-order valence-corrected chi connectivity index (χ0v) is 10.5. The summed E-state index contributed by atoms with van der Waals surface area (Å²) in [6.07, 6.45) is 0. The molecule has 1 unspecified atom stereocenters. The molecular weight excluding hydrogens is 202 g/mol. The lowest BCUT2D eigenvalue weighted by molar-refractivity contribution is 0.171. The van der Waals surface area contributed by atoms with E-state index in [0.29, 0.717) is 6.04 Å². The molecule has 0 aliphatic heterocycles. The highest BCUT2D eigenvalue weighted by Gasteiger charge is 2.02. The van der Waals surface area contributed by atoms with Gasteiger partial charge in [0, 0.05) is 19.7 Å². The first kappa shape index (κ1) is 13.0. The highest BCUT2D eigenvalue weighted by atomic mass is 16.5. The third-order valence-electron chi connectivity index (χ3n) is 2.53. The maximum atomic E-state index is 5.22. The molecule has 0 heterocycles. The Morgan fingerprint density at radius 1 is 1.31 bits per heavy atom. The van der Waals surface area contributed by atoms with E-state index in [2.05, 4.69) is 31.3 Å². The molecule has 0 radical (unpaired) electrons. The van der Waals surface area contributed by atoms with Crippen LogP contribution in [-0.2, 0) is 11.3 Å². The SMILES string of the molecule is COCC(C)NCc1ccc(OC)c(C)c1. The number of ether oxygens (including phenoxy) is 2. The lowest BCUT2D eigenvalue weighted by atomic mass is 10.1. The largest absolute Gasteiger partial charge is 0.496 e. The molecule has 0 aliphatic rings. The van der Waals surface area contributed by atoms with E-state index >= 15 is 0 Å². The van der Waals surface area contributed by atoms with Gasteiger partial charge in [-0.15, -0.1) is 0 Å². The fourth-order valence-corrected chi connectivity index (χ4v) is 1.65. The van der Waals surface area contributed by atoms with E-state index in [4.69, 9.17) is 9.47 Å². The topological polar surface area (TPSA) is 30.5 Å². The minimum Gasteiger partial charge on any atom is -0.496 e. The zero-order valence-electron chi connectivity index (χ0n) is 10.5. The minimum atomic E-state index is 0.368. The predicted octanol–water partition coefficient (Wildman–Crippen LogP) is 2.13. The number of aryl methyl sites for hydroxylation is 1. The van der Waals surface area contributed by atoms with Crippen molar-refractivity contribution in [2.45, 2.75) is 26.4 Å². The Morgan fingerprint density at radius 3 is 2.62 bits per heavy atom. The van der Waals surface area contributed by atoms with E-state index in [9.17, 15) is 0 Å². The van der Waals surface area contributed by atoms with E-state index in [1.165, 1.54) is 11.1 Å². The van der Waals surface area contributed by atoms with Crippen LogP contribution in [0.2, 0.25) is 0 Å². The molecule has 0 amide bonds. The average Bonchev–Trinajstić information content (AvgIpc) is 2.27. The molecule has 0 aromatic heterocycles. The van der Waals surface area contributed by atoms with Gasteiger partial charge in [-0.05, 0) is 31.0 Å². The van der Waals surface area contributed by atoms with Crippen molar-refractivity contribution < 1.29 is 9.47 Å². The van der Waals surface area contributed by atoms with E-state index in [0.717, 1.165) is 18.9 Å². The molecular formula is C13H21NO2. The van der Waals surface area contributed by atoms with Gasteiger partial charge in [0.2, 0.25) is 0 Å². The molecule has 0 spiro atoms. The molecule has 1 aromatic carbocycles. The van der Waals surface area contributed by atoms with Crippen molar-refractivity contribution >= 4 is 0 Å². The first-order chi connectivity index (χ1) is 7.67. The zero-order chi connectivity index (χ0) is 12.0. The molecule has 1 aromatic rings. The standard InChI is InChI=1S/C13H21NO2/c1-10-7-12(5-6-13(10)16-4)8-14-11(2)9-15-3/h5-7,11,14H,8-9H2,1-4H3. The number of benzene rings is 1. The first-order valence-corrected chi connectivity index (χ1v) is 5.53. The predicted molar refractivity (Wildman–Crippen MR) is 65.9 cm³/mol. The summed E-state index contributed by atoms with van der Waals surface area (Å²) in [5.74, 6) is 0.939. The molecule has 1 atom stereocenters. The van der Waals surface area contributed by atoms with Gasteiger partial charge in [-0.1, -0.05) is 12.1 Å². The summed E-state index contributed by atoms with van der Waals surface area (Å²) in [5, 5.41) is 3.40. The number of rotatable bonds is 6. The molecule has 16 heavy (non-hydrogen) atoms. The normalized spacial score (nSPS) is 12.5. The van der Waals surface area contributed by atoms with Crippen LogP contribution in [0.5, 0.6) is 5.75 Å². The number of nitrogens with one attached hydrogen (secondary N) is 1. The van der Waals surface area contributed by atoms with Gasteiger partial charge in [-0.3, -0.25) is 0 Å². The van der Waals surface area contributed by atoms with Crippen molar-refractivity contribution in [3.05, 3.63) is 29.3 Å². The maximum Gasteiger partial charge on any atom is 0.121 e. The maximum absolute atomic E-state index is 5.22. The summed E-state index contributed by atoms with van der Waals surface area (Å²) < 4.78 is 10.3. The van der Waals surface area contributed by atoms with Crippen LogP contribution in [0, 0.1) is 6.92 Å². The van der Waals surface area contributed by atoms with Gasteiger partial charge in [0.1, 0.15) is 5.75 Å². The molecule has 0 aliphatic carbocycles. The molecule has 1 rings (SSSR count). The van der Waals surface area contributed by atoms with Crippen LogP contribution >= 0.6 is 0 Å². The summed E-state index contributed by atoms with van der Waals surface area (Å²) in [4.78, 5) is 0. The molecule has 3 heteroatoms. The second-order valence-corrected chi connectivity index (χ2v) is 4.04. The molecule has 90 valence electrons. The van der Waals surface area contributed by atoms with Crippen LogP contribution in [0.25, 0.3) is 0 Å². The summed E-state index contributed by atoms with van der Waals surface area (Å²) in [5.41, 5.74) is 2.43. The Labute approximate surface area is 97.8 Å². The minimum absolute atomic E-state index is 0.368. The third-order valence-corrected chi connectivity index (χ3v) is 2.53. The van der Waals surface area contributed by atoms with Gasteiger partial charge < -0.3 is 14.8 Å². The number of hydrogen-bond acceptors (Lipinski definition) is 3. The van der Waals surface area contributed by atoms with E-state index < -0.39 is 0 Å². The average molecular weight is 223 g/mol. The van der Waals surface area contributed by atoms with Gasteiger partial charge in [0.15, 0.2) is 0 Å². The van der Waals surface area contributed by atoms with Gasteiger partial charge in [-0.25, -0.2) is 0 Å². The summed E-state index contributed by atoms with van der Waals surface area (Å²) >= 11 is 0. The van der Waals surface area contributed by atoms with Crippen molar-refractivity contribution in [3.63, 3.8) is 0 Å². The van der Waals surface area contributed by atoms with Gasteiger partial charge in [0.05, 0.1) is 13.7 Å². The number of methoxy groups -OCH3 is 2. The van der Waals surface area contributed by atoms with Crippen molar-refractivity contribution in [1.82, 2.24) is 5.32 Å². The van der Waals surface area contributed by atoms with E-state index in [-0.39, 0.29) is 0 Å². The molecule has 0 saturated carbocycles. The first-order valence-electron chi connectivity index (χ1n) is 5.53. The Balaban J connectivity index is 2.51. The molecule has 3 nitrogen and oxygen atoms in total. The third kappa shape index (κ3) is 3.83. The second kappa shape index (κ2) is 6.51. The monoisotopic (exact) mass is 223 g/mol. The summed E-state index contributed by atoms with van der Waals surface area (Å²) in [7, 11) is 3.41. The Hall–Kier alpha value is -1.06. The summed E-state index contributed by atoms with van der Waals surface area (Å²) in [6.45, 7) is 5.76. The van der Waals surface area contributed by atoms with Crippen molar-refractivity contribution in [3.8, 4) is 5.75 Å². The van der Waals surface area contributed by atoms with Crippen LogP contribution in [0.3, 0.4) is 0 Å². The quantitative estimate of drug-likeness (QED) is 0.801. The molecule has 0 fully saturated rings. The van der Waals surface area contributed by atoms with Crippen LogP contribution in [0.4, 0.5) is 0 Å². The van der Waals surface area contributed by atoms with Gasteiger partial charge in [-0.2, -0.15) is 0 Å². The molecule has 1 N–H and O–H groups in total. The van der Waals surface area contributed by atoms with Crippen LogP contribution < -0.4 is 10.1 Å². The Bertz CT molecular complexity index is 326. The van der Waals surface area contributed by atoms with Crippen molar-refractivity contribution in [2.24, 2.45) is 0 Å². The Morgan fingerprint density at radius 2 is 2.06 bits per heavy atom. The van der Waals surface area contributed by atoms with Gasteiger partial charge >= 0.3 is 0 Å². The highest BCUT2D eigenvalue weighted by molar-refractivity contribution is 5.36. The lowest BCUT2D eigenvalue weighted by Crippen LogP contribution is -2.29. The molecule has 0 saturated heterocycles. The Kier molecular flexibility index (Phi) is 5.29. The van der Waals surface area contributed by atoms with E-state index in [1.807, 2.05) is 6.07 Å². The highest BCUT2D eigenvalue weighted by Crippen LogP contribution is 2.18. The number of hydrogen-bond donors (Lipinski definition) is 1. The van der Waals surface area contributed by atoms with Crippen molar-refractivity contribution in [2.75, 3.05) is 20.8 Å². The second-order valence-electron chi connectivity index (χ2n) is 4.04. The van der Waals surface area contributed by atoms with Gasteiger partial charge in [0.25, 0.3) is 0 Å². The van der Waals surface area contributed by atoms with Crippen molar-refractivity contribution in [1.29, 1.82) is 0 Å². The lowest BCUT2D eigenvalue weighted by Gasteiger charge is -2.13. The van der Waals surface area contributed by atoms with E-state index in [1.54, 1.807) is 14.2 Å². The van der Waals surface area contributed by atoms with Crippen LogP contribution in [-0.4, -0.2) is 26.9 Å². The smallest absolute Gasteiger partial charge is 0.121 e. The fraction of sp³-hybridized carbons (Fsp3) is 0.538. The van der Waals surface area contributed by atoms with Crippen LogP contribution in [0.1, 0.15) is 18.1 Å². The fourth-order valence-electron chi connectivity index (χ4n) is 1.65. The summed E-state index contributed by atoms with van der Waals surface area (Å²) in [6, 6.07) is 6.60. The molecule has 0 bridgehead atoms. The van der Waals surface area contributed by atoms with Crippen LogP contribution in [0.15, 0.2) is 18.2 Å².